The van der Waals surface area contributed by atoms with Crippen molar-refractivity contribution in [1.29, 1.82) is 0 Å². The maximum Gasteiger partial charge on any atom is 0.0963 e. The molecule has 0 amide bonds. The summed E-state index contributed by atoms with van der Waals surface area (Å²) in [7, 11) is 0. The summed E-state index contributed by atoms with van der Waals surface area (Å²) in [6.45, 7) is 11.1. The van der Waals surface area contributed by atoms with E-state index in [2.05, 4.69) is 58.9 Å². The van der Waals surface area contributed by atoms with Crippen molar-refractivity contribution in [3.63, 3.8) is 0 Å². The molecule has 0 aromatic heterocycles. The molecule has 82 valence electrons. The van der Waals surface area contributed by atoms with Gasteiger partial charge in [0.2, 0.25) is 0 Å². The van der Waals surface area contributed by atoms with Crippen LogP contribution in [0.2, 0.25) is 0 Å². The first kappa shape index (κ1) is 10.7. The van der Waals surface area contributed by atoms with Crippen LogP contribution in [0, 0.1) is 5.41 Å². The molecule has 1 aliphatic heterocycles. The van der Waals surface area contributed by atoms with Crippen LogP contribution in [0.4, 0.5) is 0 Å². The van der Waals surface area contributed by atoms with Crippen LogP contribution in [-0.4, -0.2) is 0 Å². The van der Waals surface area contributed by atoms with E-state index in [4.69, 9.17) is 4.74 Å². The molecule has 2 rings (SSSR count). The van der Waals surface area contributed by atoms with Crippen molar-refractivity contribution in [2.75, 3.05) is 0 Å². The van der Waals surface area contributed by atoms with Crippen molar-refractivity contribution in [2.45, 2.75) is 46.3 Å². The highest BCUT2D eigenvalue weighted by Crippen LogP contribution is 2.52. The van der Waals surface area contributed by atoms with Gasteiger partial charge in [-0.05, 0) is 30.4 Å². The first-order chi connectivity index (χ1) is 6.86. The lowest BCUT2D eigenvalue weighted by molar-refractivity contribution is -0.123. The largest absolute Gasteiger partial charge is 0.362 e. The average Bonchev–Trinajstić information content (AvgIpc) is 2.41. The summed E-state index contributed by atoms with van der Waals surface area (Å²) in [4.78, 5) is 0. The molecule has 0 aliphatic carbocycles. The van der Waals surface area contributed by atoms with Gasteiger partial charge in [0.15, 0.2) is 0 Å². The maximum absolute atomic E-state index is 6.18. The lowest BCUT2D eigenvalue weighted by Crippen LogP contribution is -2.36. The van der Waals surface area contributed by atoms with E-state index in [0.29, 0.717) is 0 Å². The average molecular weight is 204 g/mol. The number of hydrogen-bond donors (Lipinski definition) is 0. The Labute approximate surface area is 92.5 Å². The van der Waals surface area contributed by atoms with Gasteiger partial charge in [0.05, 0.1) is 11.7 Å². The molecule has 0 bridgehead atoms. The second-order valence-electron chi connectivity index (χ2n) is 5.63. The third-order valence-electron chi connectivity index (χ3n) is 3.76. The Morgan fingerprint density at radius 2 is 1.80 bits per heavy atom. The van der Waals surface area contributed by atoms with Crippen molar-refractivity contribution in [1.82, 2.24) is 0 Å². The molecule has 2 atom stereocenters. The Morgan fingerprint density at radius 3 is 2.40 bits per heavy atom. The topological polar surface area (TPSA) is 9.23 Å². The van der Waals surface area contributed by atoms with E-state index < -0.39 is 0 Å². The molecule has 1 heteroatoms. The monoisotopic (exact) mass is 204 g/mol. The zero-order valence-corrected chi connectivity index (χ0v) is 10.3. The van der Waals surface area contributed by atoms with Gasteiger partial charge in [-0.25, -0.2) is 0 Å². The third kappa shape index (κ3) is 1.41. The molecular weight excluding hydrogens is 184 g/mol. The van der Waals surface area contributed by atoms with Gasteiger partial charge in [0, 0.05) is 0 Å². The summed E-state index contributed by atoms with van der Waals surface area (Å²) in [5.74, 6) is 0. The lowest BCUT2D eigenvalue weighted by Gasteiger charge is -2.39. The highest BCUT2D eigenvalue weighted by atomic mass is 16.5. The van der Waals surface area contributed by atoms with Crippen LogP contribution in [0.1, 0.15) is 51.8 Å². The predicted octanol–water partition coefficient (Wildman–Crippen LogP) is 4.04. The highest BCUT2D eigenvalue weighted by molar-refractivity contribution is 5.38. The summed E-state index contributed by atoms with van der Waals surface area (Å²) in [5, 5.41) is 0. The van der Waals surface area contributed by atoms with Crippen LogP contribution in [0.15, 0.2) is 24.3 Å². The van der Waals surface area contributed by atoms with E-state index >= 15 is 0 Å². The minimum atomic E-state index is -0.164. The van der Waals surface area contributed by atoms with Crippen molar-refractivity contribution in [3.8, 4) is 0 Å². The third-order valence-corrected chi connectivity index (χ3v) is 3.76. The molecule has 0 N–H and O–H groups in total. The zero-order valence-electron chi connectivity index (χ0n) is 10.3. The van der Waals surface area contributed by atoms with Crippen molar-refractivity contribution in [2.24, 2.45) is 5.41 Å². The van der Waals surface area contributed by atoms with E-state index in [-0.39, 0.29) is 17.1 Å². The molecule has 1 aromatic carbocycles. The minimum Gasteiger partial charge on any atom is -0.362 e. The fourth-order valence-electron chi connectivity index (χ4n) is 2.35. The number of ether oxygens (including phenoxy) is 1. The molecule has 1 heterocycles. The fourth-order valence-corrected chi connectivity index (χ4v) is 2.35. The van der Waals surface area contributed by atoms with Gasteiger partial charge < -0.3 is 4.74 Å². The van der Waals surface area contributed by atoms with Crippen LogP contribution >= 0.6 is 0 Å². The van der Waals surface area contributed by atoms with Crippen LogP contribution < -0.4 is 0 Å². The zero-order chi connectivity index (χ0) is 11.3. The van der Waals surface area contributed by atoms with Gasteiger partial charge in [-0.15, -0.1) is 0 Å². The summed E-state index contributed by atoms with van der Waals surface area (Å²) in [6, 6.07) is 8.57. The Balaban J connectivity index is 2.58. The van der Waals surface area contributed by atoms with Gasteiger partial charge in [-0.1, -0.05) is 45.0 Å². The van der Waals surface area contributed by atoms with Crippen molar-refractivity contribution in [3.05, 3.63) is 35.4 Å². The number of rotatable bonds is 0. The molecule has 0 saturated carbocycles. The van der Waals surface area contributed by atoms with E-state index in [9.17, 15) is 0 Å². The fraction of sp³-hybridized carbons (Fsp3) is 0.571. The predicted molar refractivity (Wildman–Crippen MR) is 62.7 cm³/mol. The molecule has 1 aromatic rings. The van der Waals surface area contributed by atoms with Crippen LogP contribution in [0.3, 0.4) is 0 Å². The molecule has 1 nitrogen and oxygen atoms in total. The van der Waals surface area contributed by atoms with Crippen LogP contribution in [-0.2, 0) is 10.3 Å². The van der Waals surface area contributed by atoms with E-state index in [1.54, 1.807) is 0 Å². The Bertz CT molecular complexity index is 375. The quantitative estimate of drug-likeness (QED) is 0.619. The number of hydrogen-bond acceptors (Lipinski definition) is 1. The molecule has 2 unspecified atom stereocenters. The van der Waals surface area contributed by atoms with Crippen molar-refractivity contribution < 1.29 is 4.74 Å². The maximum atomic E-state index is 6.18. The standard InChI is InChI=1S/C14H20O/c1-10-11-8-6-7-9-12(11)14(5,15-10)13(2,3)4/h6-10H,1-5H3. The van der Waals surface area contributed by atoms with E-state index in [1.165, 1.54) is 11.1 Å². The SMILES string of the molecule is CC1OC(C)(C(C)(C)C)c2ccccc21. The van der Waals surface area contributed by atoms with E-state index in [1.807, 2.05) is 0 Å². The number of benzene rings is 1. The normalized spacial score (nSPS) is 30.3. The van der Waals surface area contributed by atoms with Gasteiger partial charge in [0.25, 0.3) is 0 Å². The summed E-state index contributed by atoms with van der Waals surface area (Å²) in [5.41, 5.74) is 2.65. The second kappa shape index (κ2) is 3.08. The van der Waals surface area contributed by atoms with Gasteiger partial charge in [-0.3, -0.25) is 0 Å². The van der Waals surface area contributed by atoms with Gasteiger partial charge >= 0.3 is 0 Å². The van der Waals surface area contributed by atoms with Crippen LogP contribution in [0.25, 0.3) is 0 Å². The molecule has 0 fully saturated rings. The first-order valence-corrected chi connectivity index (χ1v) is 5.63. The van der Waals surface area contributed by atoms with Crippen LogP contribution in [0.5, 0.6) is 0 Å². The minimum absolute atomic E-state index is 0.119. The van der Waals surface area contributed by atoms with Gasteiger partial charge in [-0.2, -0.15) is 0 Å². The molecule has 0 spiro atoms. The molecular formula is C14H20O. The summed E-state index contributed by atoms with van der Waals surface area (Å²) in [6.07, 6.45) is 0.213. The van der Waals surface area contributed by atoms with E-state index in [0.717, 1.165) is 0 Å². The number of fused-ring (bicyclic) bond motifs is 1. The first-order valence-electron chi connectivity index (χ1n) is 5.63. The Morgan fingerprint density at radius 1 is 1.20 bits per heavy atom. The molecule has 0 radical (unpaired) electrons. The molecule has 0 saturated heterocycles. The highest BCUT2D eigenvalue weighted by Gasteiger charge is 2.47. The van der Waals surface area contributed by atoms with Gasteiger partial charge in [0.1, 0.15) is 0 Å². The Kier molecular flexibility index (Phi) is 2.20. The smallest absolute Gasteiger partial charge is 0.0963 e. The Hall–Kier alpha value is -0.820. The molecule has 15 heavy (non-hydrogen) atoms. The second-order valence-corrected chi connectivity index (χ2v) is 5.63. The summed E-state index contributed by atoms with van der Waals surface area (Å²) >= 11 is 0. The van der Waals surface area contributed by atoms with Crippen molar-refractivity contribution >= 4 is 0 Å². The lowest BCUT2D eigenvalue weighted by atomic mass is 9.73. The summed E-state index contributed by atoms with van der Waals surface area (Å²) < 4.78 is 6.18. The molecule has 1 aliphatic rings.